The molecule has 4 aromatic rings. The van der Waals surface area contributed by atoms with Crippen molar-refractivity contribution in [2.24, 2.45) is 5.92 Å². The van der Waals surface area contributed by atoms with Gasteiger partial charge in [0.2, 0.25) is 0 Å². The Hall–Kier alpha value is -1.98. The first-order chi connectivity index (χ1) is 21.4. The third kappa shape index (κ3) is 6.75. The Bertz CT molecular complexity index is 1530. The zero-order valence-electron chi connectivity index (χ0n) is 25.6. The Morgan fingerprint density at radius 1 is 0.614 bits per heavy atom. The van der Waals surface area contributed by atoms with Crippen LogP contribution in [0.4, 0.5) is 0 Å². The fourth-order valence-electron chi connectivity index (χ4n) is 7.70. The summed E-state index contributed by atoms with van der Waals surface area (Å²) in [5.74, 6) is -2.37. The molecular formula is C38H44Cl2HfNOSi. The molecule has 44 heavy (non-hydrogen) atoms. The number of nitrogens with one attached hydrogen (secondary N) is 1. The summed E-state index contributed by atoms with van der Waals surface area (Å²) >= 11 is -5.63. The second-order valence-electron chi connectivity index (χ2n) is 12.9. The summed E-state index contributed by atoms with van der Waals surface area (Å²) in [6, 6.07) is 36.3. The van der Waals surface area contributed by atoms with Crippen LogP contribution in [0.15, 0.2) is 103 Å². The van der Waals surface area contributed by atoms with Crippen LogP contribution in [0.3, 0.4) is 0 Å². The summed E-state index contributed by atoms with van der Waals surface area (Å²) in [7, 11) is 16.8. The number of halogens is 2. The number of carbonyl (C=O) groups excluding carboxylic acids is 1. The molecule has 4 aromatic carbocycles. The van der Waals surface area contributed by atoms with E-state index in [-0.39, 0.29) is 11.8 Å². The van der Waals surface area contributed by atoms with Gasteiger partial charge in [0.1, 0.15) is 0 Å². The van der Waals surface area contributed by atoms with Gasteiger partial charge in [-0.3, -0.25) is 0 Å². The number of carbonyl (C=O) groups is 1. The van der Waals surface area contributed by atoms with Crippen LogP contribution < -0.4 is 17.0 Å². The zero-order chi connectivity index (χ0) is 30.4. The average molecular weight is 808 g/mol. The number of rotatable bonds is 6. The number of benzene rings is 4. The van der Waals surface area contributed by atoms with E-state index in [4.69, 9.17) is 17.2 Å². The van der Waals surface area contributed by atoms with Gasteiger partial charge in [0, 0.05) is 0 Å². The minimum atomic E-state index is -5.63. The van der Waals surface area contributed by atoms with E-state index in [0.29, 0.717) is 0 Å². The first-order valence-electron chi connectivity index (χ1n) is 16.7. The van der Waals surface area contributed by atoms with Crippen molar-refractivity contribution in [3.8, 4) is 11.1 Å². The van der Waals surface area contributed by atoms with Crippen molar-refractivity contribution in [1.29, 1.82) is 0 Å². The zero-order valence-corrected chi connectivity index (χ0v) is 31.9. The Morgan fingerprint density at radius 2 is 1.11 bits per heavy atom. The van der Waals surface area contributed by atoms with E-state index < -0.39 is 21.6 Å². The molecule has 2 nitrogen and oxygen atoms in total. The van der Waals surface area contributed by atoms with Crippen LogP contribution in [0.5, 0.6) is 0 Å². The molecule has 0 saturated heterocycles. The van der Waals surface area contributed by atoms with Gasteiger partial charge >= 0.3 is 275 Å². The normalized spacial score (nSPS) is 17.4. The molecule has 0 spiro atoms. The molecule has 6 rings (SSSR count). The van der Waals surface area contributed by atoms with Gasteiger partial charge in [-0.1, -0.05) is 0 Å². The third-order valence-electron chi connectivity index (χ3n) is 9.95. The Labute approximate surface area is 272 Å². The summed E-state index contributed by atoms with van der Waals surface area (Å²) < 4.78 is 4.73. The van der Waals surface area contributed by atoms with Gasteiger partial charge < -0.3 is 0 Å². The Kier molecular flexibility index (Phi) is 10.3. The molecular weight excluding hydrogens is 764 g/mol. The number of amides is 1. The molecule has 0 unspecified atom stereocenters. The van der Waals surface area contributed by atoms with Crippen molar-refractivity contribution >= 4 is 42.7 Å². The molecule has 0 aliphatic heterocycles. The van der Waals surface area contributed by atoms with Crippen LogP contribution in [-0.2, 0) is 26.8 Å². The third-order valence-corrected chi connectivity index (χ3v) is 58.3. The fraction of sp³-hybridized carbons (Fsp3) is 0.342. The predicted molar refractivity (Wildman–Crippen MR) is 188 cm³/mol. The van der Waals surface area contributed by atoms with Gasteiger partial charge in [-0.05, 0) is 0 Å². The SMILES string of the molecule is O=C([NH][Hf]([Cl])([Cl])([c]1cccc2c1Cc1ccccc1-2)[SiH](c1ccccc1)c1ccccc1)C1CCCCCCCCCCC1. The maximum absolute atomic E-state index is 14.7. The van der Waals surface area contributed by atoms with Gasteiger partial charge in [0.25, 0.3) is 0 Å². The van der Waals surface area contributed by atoms with Crippen molar-refractivity contribution in [1.82, 2.24) is 3.30 Å². The molecule has 2 aliphatic rings. The average Bonchev–Trinajstić information content (AvgIpc) is 3.41. The van der Waals surface area contributed by atoms with Crippen LogP contribution in [0.2, 0.25) is 0 Å². The monoisotopic (exact) mass is 808 g/mol. The van der Waals surface area contributed by atoms with Gasteiger partial charge in [0.15, 0.2) is 0 Å². The Balaban J connectivity index is 1.49. The van der Waals surface area contributed by atoms with Crippen molar-refractivity contribution in [2.75, 3.05) is 0 Å². The van der Waals surface area contributed by atoms with Gasteiger partial charge in [-0.25, -0.2) is 0 Å². The quantitative estimate of drug-likeness (QED) is 0.172. The number of fused-ring (bicyclic) bond motifs is 3. The van der Waals surface area contributed by atoms with Gasteiger partial charge in [-0.2, -0.15) is 0 Å². The number of hydrogen-bond donors (Lipinski definition) is 1. The standard InChI is InChI=1S/C13H25NO.C13H9.C12H11Si.2ClH.Hf/c14-13(15)12-10-8-6-4-2-1-3-5-7-9-11-12;1-3-7-12-10(5-1)9-11-6-2-4-8-13(11)12;1-3-7-11(8-4-1)13-12-9-5-2-6-10-12;;;/h12H,1-11H2,(H2,14,15);1-5,7-8H,9H2;1-10,13H;2*1H;/q;;;;;+3/p-3. The van der Waals surface area contributed by atoms with E-state index in [0.717, 1.165) is 35.4 Å². The van der Waals surface area contributed by atoms with E-state index in [1.54, 1.807) is 0 Å². The van der Waals surface area contributed by atoms with Crippen LogP contribution in [0.25, 0.3) is 11.1 Å². The van der Waals surface area contributed by atoms with E-state index in [1.165, 1.54) is 77.6 Å². The first kappa shape index (κ1) is 32.0. The second-order valence-corrected chi connectivity index (χ2v) is 61.9. The van der Waals surface area contributed by atoms with E-state index in [9.17, 15) is 4.79 Å². The molecule has 0 atom stereocenters. The van der Waals surface area contributed by atoms with E-state index >= 15 is 0 Å². The van der Waals surface area contributed by atoms with Crippen LogP contribution in [0.1, 0.15) is 81.8 Å². The Morgan fingerprint density at radius 3 is 1.70 bits per heavy atom. The number of hydrogen-bond acceptors (Lipinski definition) is 1. The second kappa shape index (κ2) is 14.2. The van der Waals surface area contributed by atoms with Crippen LogP contribution in [0, 0.1) is 5.92 Å². The topological polar surface area (TPSA) is 29.1 Å². The molecule has 0 bridgehead atoms. The van der Waals surface area contributed by atoms with Gasteiger partial charge in [0.05, 0.1) is 0 Å². The summed E-state index contributed by atoms with van der Waals surface area (Å²) in [4.78, 5) is 14.7. The molecule has 229 valence electrons. The molecule has 6 heteroatoms. The minimum absolute atomic E-state index is 0.0578. The van der Waals surface area contributed by atoms with E-state index in [1.807, 2.05) is 12.1 Å². The van der Waals surface area contributed by atoms with Crippen molar-refractivity contribution in [2.45, 2.75) is 77.0 Å². The maximum atomic E-state index is 14.7. The molecule has 1 N–H and O–H groups in total. The molecule has 1 saturated carbocycles. The molecule has 0 heterocycles. The molecule has 0 radical (unpaired) electrons. The molecule has 1 amide bonds. The van der Waals surface area contributed by atoms with Crippen molar-refractivity contribution < 1.29 is 20.4 Å². The molecule has 2 aliphatic carbocycles. The summed E-state index contributed by atoms with van der Waals surface area (Å²) in [5, 5.41) is 2.37. The first-order valence-corrected chi connectivity index (χ1v) is 37.1. The van der Waals surface area contributed by atoms with Crippen LogP contribution in [-0.4, -0.2) is 11.9 Å². The van der Waals surface area contributed by atoms with Crippen molar-refractivity contribution in [3.63, 3.8) is 0 Å². The van der Waals surface area contributed by atoms with Crippen LogP contribution >= 0.6 is 17.2 Å². The predicted octanol–water partition coefficient (Wildman–Crippen LogP) is 8.37. The van der Waals surface area contributed by atoms with Crippen molar-refractivity contribution in [3.05, 3.63) is 114 Å². The summed E-state index contributed by atoms with van der Waals surface area (Å²) in [6.07, 6.45) is 13.7. The molecule has 1 fully saturated rings. The fourth-order valence-corrected chi connectivity index (χ4v) is 59.9. The van der Waals surface area contributed by atoms with Gasteiger partial charge in [-0.15, -0.1) is 0 Å². The molecule has 0 aromatic heterocycles. The summed E-state index contributed by atoms with van der Waals surface area (Å²) in [5.41, 5.74) is 4.96. The van der Waals surface area contributed by atoms with E-state index in [2.05, 4.69) is 94.3 Å². The summed E-state index contributed by atoms with van der Waals surface area (Å²) in [6.45, 7) is 0.